The molecule has 1 spiro atoms. The van der Waals surface area contributed by atoms with E-state index < -0.39 is 11.6 Å². The SMILES string of the molecule is CC(C)C1SC2=C(OC13CCNCC3)c1ccccc1C(=O)C2=O. The fraction of sp³-hybridized carbons (Fsp3) is 0.474. The van der Waals surface area contributed by atoms with Crippen molar-refractivity contribution in [1.29, 1.82) is 0 Å². The highest BCUT2D eigenvalue weighted by Gasteiger charge is 2.51. The Kier molecular flexibility index (Phi) is 3.81. The molecule has 0 bridgehead atoms. The van der Waals surface area contributed by atoms with E-state index in [4.69, 9.17) is 4.74 Å². The van der Waals surface area contributed by atoms with Crippen LogP contribution in [0.1, 0.15) is 42.6 Å². The highest BCUT2D eigenvalue weighted by Crippen LogP contribution is 2.52. The standard InChI is InChI=1S/C19H21NO3S/c1-11(2)18-19(7-9-20-10-8-19)23-16-13-6-4-3-5-12(13)14(21)15(22)17(16)24-18/h3-6,11,18,20H,7-10H2,1-2H3. The quantitative estimate of drug-likeness (QED) is 0.795. The van der Waals surface area contributed by atoms with Crippen LogP contribution in [0.4, 0.5) is 0 Å². The molecular formula is C19H21NO3S. The molecule has 4 rings (SSSR count). The lowest BCUT2D eigenvalue weighted by atomic mass is 9.82. The summed E-state index contributed by atoms with van der Waals surface area (Å²) in [6, 6.07) is 7.30. The third kappa shape index (κ3) is 2.25. The van der Waals surface area contributed by atoms with Crippen LogP contribution in [-0.2, 0) is 9.53 Å². The van der Waals surface area contributed by atoms with Crippen molar-refractivity contribution in [3.05, 3.63) is 40.3 Å². The fourth-order valence-corrected chi connectivity index (χ4v) is 5.50. The van der Waals surface area contributed by atoms with Gasteiger partial charge in [0.15, 0.2) is 0 Å². The van der Waals surface area contributed by atoms with Crippen LogP contribution in [0.25, 0.3) is 5.76 Å². The van der Waals surface area contributed by atoms with E-state index in [1.807, 2.05) is 12.1 Å². The van der Waals surface area contributed by atoms with Gasteiger partial charge in [-0.25, -0.2) is 0 Å². The zero-order chi connectivity index (χ0) is 16.9. The first-order chi connectivity index (χ1) is 11.5. The first-order valence-corrected chi connectivity index (χ1v) is 9.40. The van der Waals surface area contributed by atoms with E-state index in [1.165, 1.54) is 0 Å². The Bertz CT molecular complexity index is 747. The molecule has 1 aliphatic carbocycles. The summed E-state index contributed by atoms with van der Waals surface area (Å²) in [4.78, 5) is 25.6. The van der Waals surface area contributed by atoms with Crippen molar-refractivity contribution in [2.75, 3.05) is 13.1 Å². The highest BCUT2D eigenvalue weighted by molar-refractivity contribution is 8.05. The van der Waals surface area contributed by atoms with Crippen LogP contribution in [0.2, 0.25) is 0 Å². The van der Waals surface area contributed by atoms with Crippen molar-refractivity contribution in [1.82, 2.24) is 5.32 Å². The lowest BCUT2D eigenvalue weighted by molar-refractivity contribution is -0.111. The van der Waals surface area contributed by atoms with Crippen molar-refractivity contribution in [2.45, 2.75) is 37.5 Å². The number of benzene rings is 1. The van der Waals surface area contributed by atoms with Gasteiger partial charge in [0.25, 0.3) is 0 Å². The number of ketones is 2. The topological polar surface area (TPSA) is 55.4 Å². The lowest BCUT2D eigenvalue weighted by Gasteiger charge is -2.49. The minimum absolute atomic E-state index is 0.181. The molecule has 0 saturated carbocycles. The Morgan fingerprint density at radius 2 is 1.79 bits per heavy atom. The summed E-state index contributed by atoms with van der Waals surface area (Å²) < 4.78 is 6.58. The van der Waals surface area contributed by atoms with Crippen molar-refractivity contribution in [3.8, 4) is 0 Å². The van der Waals surface area contributed by atoms with E-state index in [-0.39, 0.29) is 10.9 Å². The smallest absolute Gasteiger partial charge is 0.243 e. The second kappa shape index (κ2) is 5.74. The van der Waals surface area contributed by atoms with Gasteiger partial charge in [0.1, 0.15) is 16.3 Å². The summed E-state index contributed by atoms with van der Waals surface area (Å²) in [7, 11) is 0. The van der Waals surface area contributed by atoms with Crippen molar-refractivity contribution in [2.24, 2.45) is 5.92 Å². The Morgan fingerprint density at radius 1 is 1.12 bits per heavy atom. The molecule has 1 fully saturated rings. The second-order valence-corrected chi connectivity index (χ2v) is 8.21. The Morgan fingerprint density at radius 3 is 2.46 bits per heavy atom. The minimum Gasteiger partial charge on any atom is -0.484 e. The number of fused-ring (bicyclic) bond motifs is 2. The predicted molar refractivity (Wildman–Crippen MR) is 94.8 cm³/mol. The normalized spacial score (nSPS) is 25.5. The zero-order valence-corrected chi connectivity index (χ0v) is 14.7. The third-order valence-electron chi connectivity index (χ3n) is 5.16. The van der Waals surface area contributed by atoms with Crippen molar-refractivity contribution >= 4 is 29.1 Å². The Labute approximate surface area is 146 Å². The van der Waals surface area contributed by atoms with Crippen LogP contribution < -0.4 is 5.32 Å². The number of carbonyl (C=O) groups excluding carboxylic acids is 2. The molecule has 1 unspecified atom stereocenters. The summed E-state index contributed by atoms with van der Waals surface area (Å²) in [5.74, 6) is 0.161. The first-order valence-electron chi connectivity index (χ1n) is 8.52. The van der Waals surface area contributed by atoms with Gasteiger partial charge in [-0.1, -0.05) is 38.1 Å². The third-order valence-corrected chi connectivity index (χ3v) is 6.99. The molecule has 0 amide bonds. The number of thioether (sulfide) groups is 1. The van der Waals surface area contributed by atoms with Crippen LogP contribution in [0.15, 0.2) is 29.2 Å². The van der Waals surface area contributed by atoms with Gasteiger partial charge in [0.2, 0.25) is 11.6 Å². The molecule has 0 aromatic heterocycles. The van der Waals surface area contributed by atoms with Gasteiger partial charge < -0.3 is 10.1 Å². The van der Waals surface area contributed by atoms with Gasteiger partial charge >= 0.3 is 0 Å². The summed E-state index contributed by atoms with van der Waals surface area (Å²) in [6.45, 7) is 6.17. The van der Waals surface area contributed by atoms with E-state index in [1.54, 1.807) is 23.9 Å². The molecule has 24 heavy (non-hydrogen) atoms. The molecule has 1 atom stereocenters. The highest BCUT2D eigenvalue weighted by atomic mass is 32.2. The van der Waals surface area contributed by atoms with Crippen LogP contribution >= 0.6 is 11.8 Å². The largest absolute Gasteiger partial charge is 0.484 e. The van der Waals surface area contributed by atoms with Gasteiger partial charge in [-0.15, -0.1) is 11.8 Å². The maximum absolute atomic E-state index is 12.6. The number of carbonyl (C=O) groups is 2. The monoisotopic (exact) mass is 343 g/mol. The van der Waals surface area contributed by atoms with Gasteiger partial charge in [-0.2, -0.15) is 0 Å². The van der Waals surface area contributed by atoms with Gasteiger partial charge in [0, 0.05) is 24.0 Å². The molecular weight excluding hydrogens is 322 g/mol. The number of Topliss-reactive ketones (excluding diaryl/α,β-unsaturated/α-hetero) is 2. The van der Waals surface area contributed by atoms with Crippen LogP contribution in [0.5, 0.6) is 0 Å². The van der Waals surface area contributed by atoms with Gasteiger partial charge in [0.05, 0.1) is 5.25 Å². The molecule has 2 aliphatic heterocycles. The molecule has 4 nitrogen and oxygen atoms in total. The maximum Gasteiger partial charge on any atom is 0.243 e. The zero-order valence-electron chi connectivity index (χ0n) is 13.9. The van der Waals surface area contributed by atoms with E-state index in [9.17, 15) is 9.59 Å². The number of nitrogens with one attached hydrogen (secondary N) is 1. The van der Waals surface area contributed by atoms with Crippen LogP contribution in [-0.4, -0.2) is 35.5 Å². The van der Waals surface area contributed by atoms with E-state index in [0.29, 0.717) is 22.1 Å². The molecule has 1 saturated heterocycles. The number of allylic oxidation sites excluding steroid dienone is 1. The maximum atomic E-state index is 12.6. The number of ether oxygens (including phenoxy) is 1. The number of hydrogen-bond donors (Lipinski definition) is 1. The van der Waals surface area contributed by atoms with E-state index in [2.05, 4.69) is 19.2 Å². The first kappa shape index (κ1) is 15.9. The molecule has 3 aliphatic rings. The molecule has 1 aromatic carbocycles. The number of rotatable bonds is 1. The number of piperidine rings is 1. The average Bonchev–Trinajstić information content (AvgIpc) is 2.60. The van der Waals surface area contributed by atoms with Crippen molar-refractivity contribution in [3.63, 3.8) is 0 Å². The van der Waals surface area contributed by atoms with Crippen LogP contribution in [0, 0.1) is 5.92 Å². The Hall–Kier alpha value is -1.59. The van der Waals surface area contributed by atoms with Crippen molar-refractivity contribution < 1.29 is 14.3 Å². The summed E-state index contributed by atoms with van der Waals surface area (Å²) in [5.41, 5.74) is 0.968. The summed E-state index contributed by atoms with van der Waals surface area (Å²) in [6.07, 6.45) is 1.84. The molecule has 1 N–H and O–H groups in total. The average molecular weight is 343 g/mol. The van der Waals surface area contributed by atoms with E-state index >= 15 is 0 Å². The fourth-order valence-electron chi connectivity index (χ4n) is 4.01. The molecule has 1 aromatic rings. The lowest BCUT2D eigenvalue weighted by Crippen LogP contribution is -2.54. The molecule has 2 heterocycles. The number of hydrogen-bond acceptors (Lipinski definition) is 5. The van der Waals surface area contributed by atoms with Gasteiger partial charge in [-0.3, -0.25) is 9.59 Å². The van der Waals surface area contributed by atoms with Crippen LogP contribution in [0.3, 0.4) is 0 Å². The summed E-state index contributed by atoms with van der Waals surface area (Å²) >= 11 is 1.56. The Balaban J connectivity index is 1.86. The summed E-state index contributed by atoms with van der Waals surface area (Å²) in [5, 5.41) is 3.58. The molecule has 5 heteroatoms. The van der Waals surface area contributed by atoms with E-state index in [0.717, 1.165) is 31.5 Å². The predicted octanol–water partition coefficient (Wildman–Crippen LogP) is 3.03. The van der Waals surface area contributed by atoms with Gasteiger partial charge in [-0.05, 0) is 19.0 Å². The second-order valence-electron chi connectivity index (χ2n) is 7.06. The molecule has 126 valence electrons. The minimum atomic E-state index is -0.414. The molecule has 0 radical (unpaired) electrons.